The van der Waals surface area contributed by atoms with Crippen LogP contribution in [-0.2, 0) is 9.53 Å². The van der Waals surface area contributed by atoms with Gasteiger partial charge in [0.05, 0.1) is 12.0 Å². The first kappa shape index (κ1) is 9.83. The summed E-state index contributed by atoms with van der Waals surface area (Å²) in [6.07, 6.45) is -0.422. The van der Waals surface area contributed by atoms with Crippen LogP contribution in [0.2, 0.25) is 0 Å². The van der Waals surface area contributed by atoms with E-state index in [4.69, 9.17) is 5.11 Å². The molecule has 5 nitrogen and oxygen atoms in total. The molecule has 5 heteroatoms. The summed E-state index contributed by atoms with van der Waals surface area (Å²) >= 11 is 0. The van der Waals surface area contributed by atoms with Gasteiger partial charge < -0.3 is 14.7 Å². The summed E-state index contributed by atoms with van der Waals surface area (Å²) in [6, 6.07) is 0. The number of hydrogen-bond donors (Lipinski definition) is 1. The smallest absolute Gasteiger partial charge is 0.409 e. The van der Waals surface area contributed by atoms with E-state index in [0.717, 1.165) is 0 Å². The molecule has 0 saturated carbocycles. The molecule has 0 aromatic heterocycles. The lowest BCUT2D eigenvalue weighted by molar-refractivity contribution is -0.147. The molecule has 13 heavy (non-hydrogen) atoms. The van der Waals surface area contributed by atoms with Gasteiger partial charge in [-0.3, -0.25) is 4.79 Å². The fourth-order valence-corrected chi connectivity index (χ4v) is 1.11. The SMILES string of the molecule is CC(C)(CN1CCOC1=O)C(=O)O. The third-order valence-electron chi connectivity index (χ3n) is 2.01. The number of nitrogens with zero attached hydrogens (tertiary/aromatic N) is 1. The van der Waals surface area contributed by atoms with Gasteiger partial charge in [-0.05, 0) is 13.8 Å². The van der Waals surface area contributed by atoms with Crippen molar-refractivity contribution in [1.82, 2.24) is 4.90 Å². The minimum absolute atomic E-state index is 0.196. The summed E-state index contributed by atoms with van der Waals surface area (Å²) in [7, 11) is 0. The summed E-state index contributed by atoms with van der Waals surface area (Å²) in [6.45, 7) is 4.20. The summed E-state index contributed by atoms with van der Waals surface area (Å²) in [5.74, 6) is -0.910. The maximum Gasteiger partial charge on any atom is 0.409 e. The van der Waals surface area contributed by atoms with E-state index in [1.54, 1.807) is 13.8 Å². The molecule has 74 valence electrons. The van der Waals surface area contributed by atoms with Gasteiger partial charge in [-0.15, -0.1) is 0 Å². The summed E-state index contributed by atoms with van der Waals surface area (Å²) in [5, 5.41) is 8.81. The van der Waals surface area contributed by atoms with Crippen molar-refractivity contribution in [3.63, 3.8) is 0 Å². The highest BCUT2D eigenvalue weighted by molar-refractivity contribution is 5.76. The van der Waals surface area contributed by atoms with Crippen LogP contribution in [0.5, 0.6) is 0 Å². The highest BCUT2D eigenvalue weighted by atomic mass is 16.6. The quantitative estimate of drug-likeness (QED) is 0.700. The monoisotopic (exact) mass is 187 g/mol. The second kappa shape index (κ2) is 3.24. The Kier molecular flexibility index (Phi) is 2.45. The van der Waals surface area contributed by atoms with Crippen LogP contribution in [0, 0.1) is 5.41 Å². The molecule has 1 fully saturated rings. The van der Waals surface area contributed by atoms with E-state index < -0.39 is 17.5 Å². The first-order valence-electron chi connectivity index (χ1n) is 4.08. The van der Waals surface area contributed by atoms with Crippen molar-refractivity contribution in [1.29, 1.82) is 0 Å². The van der Waals surface area contributed by atoms with E-state index in [0.29, 0.717) is 13.2 Å². The molecule has 0 spiro atoms. The van der Waals surface area contributed by atoms with Gasteiger partial charge in [0.1, 0.15) is 6.61 Å². The van der Waals surface area contributed by atoms with Gasteiger partial charge in [0.15, 0.2) is 0 Å². The zero-order valence-electron chi connectivity index (χ0n) is 7.74. The number of hydrogen-bond acceptors (Lipinski definition) is 3. The van der Waals surface area contributed by atoms with Gasteiger partial charge in [-0.2, -0.15) is 0 Å². The van der Waals surface area contributed by atoms with Crippen LogP contribution < -0.4 is 0 Å². The average molecular weight is 187 g/mol. The molecule has 0 bridgehead atoms. The summed E-state index contributed by atoms with van der Waals surface area (Å²) < 4.78 is 4.69. The summed E-state index contributed by atoms with van der Waals surface area (Å²) in [4.78, 5) is 23.1. The molecular formula is C8H13NO4. The van der Waals surface area contributed by atoms with Gasteiger partial charge in [0, 0.05) is 6.54 Å². The van der Waals surface area contributed by atoms with Crippen molar-refractivity contribution in [3.8, 4) is 0 Å². The van der Waals surface area contributed by atoms with Crippen molar-refractivity contribution in [3.05, 3.63) is 0 Å². The number of aliphatic carboxylic acids is 1. The highest BCUT2D eigenvalue weighted by Crippen LogP contribution is 2.19. The molecule has 1 amide bonds. The van der Waals surface area contributed by atoms with Gasteiger partial charge in [-0.1, -0.05) is 0 Å². The van der Waals surface area contributed by atoms with Crippen molar-refractivity contribution in [2.24, 2.45) is 5.41 Å². The molecule has 0 radical (unpaired) electrons. The van der Waals surface area contributed by atoms with E-state index in [1.807, 2.05) is 0 Å². The minimum Gasteiger partial charge on any atom is -0.481 e. The van der Waals surface area contributed by atoms with Gasteiger partial charge in [-0.25, -0.2) is 4.79 Å². The lowest BCUT2D eigenvalue weighted by Crippen LogP contribution is -2.39. The van der Waals surface area contributed by atoms with E-state index in [1.165, 1.54) is 4.90 Å². The van der Waals surface area contributed by atoms with Crippen LogP contribution in [0.15, 0.2) is 0 Å². The number of carbonyl (C=O) groups is 2. The van der Waals surface area contributed by atoms with Crippen LogP contribution in [0.4, 0.5) is 4.79 Å². The number of carboxylic acids is 1. The molecule has 0 aromatic rings. The number of cyclic esters (lactones) is 1. The molecule has 0 unspecified atom stereocenters. The fourth-order valence-electron chi connectivity index (χ4n) is 1.11. The molecule has 1 saturated heterocycles. The fraction of sp³-hybridized carbons (Fsp3) is 0.750. The number of amides is 1. The molecule has 1 aliphatic heterocycles. The molecule has 1 aliphatic rings. The summed E-state index contributed by atoms with van der Waals surface area (Å²) in [5.41, 5.74) is -0.913. The first-order chi connectivity index (χ1) is 5.93. The number of carbonyl (C=O) groups excluding carboxylic acids is 1. The Morgan fingerprint density at radius 1 is 1.69 bits per heavy atom. The zero-order valence-corrected chi connectivity index (χ0v) is 7.74. The number of rotatable bonds is 3. The second-order valence-corrected chi connectivity index (χ2v) is 3.72. The van der Waals surface area contributed by atoms with Gasteiger partial charge in [0.2, 0.25) is 0 Å². The standard InChI is InChI=1S/C8H13NO4/c1-8(2,6(10)11)5-9-3-4-13-7(9)12/h3-5H2,1-2H3,(H,10,11). The predicted molar refractivity (Wildman–Crippen MR) is 44.3 cm³/mol. The van der Waals surface area contributed by atoms with E-state index >= 15 is 0 Å². The van der Waals surface area contributed by atoms with Crippen molar-refractivity contribution in [2.45, 2.75) is 13.8 Å². The Morgan fingerprint density at radius 3 is 2.69 bits per heavy atom. The van der Waals surface area contributed by atoms with Crippen molar-refractivity contribution < 1.29 is 19.4 Å². The van der Waals surface area contributed by atoms with Crippen LogP contribution in [0.3, 0.4) is 0 Å². The molecule has 1 heterocycles. The van der Waals surface area contributed by atoms with Crippen molar-refractivity contribution in [2.75, 3.05) is 19.7 Å². The Morgan fingerprint density at radius 2 is 2.31 bits per heavy atom. The number of carboxylic acid groups (broad SMARTS) is 1. The van der Waals surface area contributed by atoms with Crippen LogP contribution in [0.25, 0.3) is 0 Å². The highest BCUT2D eigenvalue weighted by Gasteiger charge is 2.34. The number of ether oxygens (including phenoxy) is 1. The molecule has 0 atom stereocenters. The molecule has 1 rings (SSSR count). The van der Waals surface area contributed by atoms with E-state index in [2.05, 4.69) is 4.74 Å². The maximum atomic E-state index is 11.0. The Bertz CT molecular complexity index is 236. The molecular weight excluding hydrogens is 174 g/mol. The van der Waals surface area contributed by atoms with Crippen LogP contribution in [-0.4, -0.2) is 41.8 Å². The van der Waals surface area contributed by atoms with Crippen LogP contribution >= 0.6 is 0 Å². The molecule has 0 aromatic carbocycles. The van der Waals surface area contributed by atoms with Gasteiger partial charge in [0.25, 0.3) is 0 Å². The van der Waals surface area contributed by atoms with E-state index in [-0.39, 0.29) is 6.54 Å². The minimum atomic E-state index is -0.913. The first-order valence-corrected chi connectivity index (χ1v) is 4.08. The normalized spacial score (nSPS) is 17.4. The third-order valence-corrected chi connectivity index (χ3v) is 2.01. The largest absolute Gasteiger partial charge is 0.481 e. The predicted octanol–water partition coefficient (Wildman–Crippen LogP) is 0.549. The van der Waals surface area contributed by atoms with Crippen molar-refractivity contribution >= 4 is 12.1 Å². The van der Waals surface area contributed by atoms with Gasteiger partial charge >= 0.3 is 12.1 Å². The third kappa shape index (κ3) is 2.11. The Labute approximate surface area is 76.3 Å². The Balaban J connectivity index is 2.57. The topological polar surface area (TPSA) is 66.8 Å². The Hall–Kier alpha value is -1.26. The lowest BCUT2D eigenvalue weighted by Gasteiger charge is -2.24. The van der Waals surface area contributed by atoms with E-state index in [9.17, 15) is 9.59 Å². The zero-order chi connectivity index (χ0) is 10.1. The molecule has 0 aliphatic carbocycles. The van der Waals surface area contributed by atoms with Crippen LogP contribution in [0.1, 0.15) is 13.8 Å². The molecule has 1 N–H and O–H groups in total. The average Bonchev–Trinajstić information content (AvgIpc) is 2.35. The second-order valence-electron chi connectivity index (χ2n) is 3.72. The maximum absolute atomic E-state index is 11.0. The lowest BCUT2D eigenvalue weighted by atomic mass is 9.93.